The minimum Gasteiger partial charge on any atom is -0.490 e. The molecule has 0 saturated carbocycles. The van der Waals surface area contributed by atoms with Crippen LogP contribution in [0.15, 0.2) is 24.3 Å². The standard InChI is InChI=1S/C16H26O4/c1-5-8-13-17-14-11-9-10-12-15(14)20-16(4,18-6-2)19-7-3/h9-12H,5-8,13H2,1-4H3. The van der Waals surface area contributed by atoms with Crippen LogP contribution in [0.4, 0.5) is 0 Å². The largest absolute Gasteiger partial charge is 0.490 e. The summed E-state index contributed by atoms with van der Waals surface area (Å²) in [7, 11) is 0. The van der Waals surface area contributed by atoms with E-state index in [1.807, 2.05) is 38.1 Å². The van der Waals surface area contributed by atoms with Gasteiger partial charge in [-0.2, -0.15) is 0 Å². The smallest absolute Gasteiger partial charge is 0.323 e. The van der Waals surface area contributed by atoms with Crippen LogP contribution in [0.1, 0.15) is 40.5 Å². The fraction of sp³-hybridized carbons (Fsp3) is 0.625. The lowest BCUT2D eigenvalue weighted by Gasteiger charge is -2.29. The maximum Gasteiger partial charge on any atom is 0.323 e. The molecule has 0 amide bonds. The minimum absolute atomic E-state index is 0.509. The van der Waals surface area contributed by atoms with Gasteiger partial charge >= 0.3 is 5.97 Å². The van der Waals surface area contributed by atoms with Crippen LogP contribution in [0.2, 0.25) is 0 Å². The van der Waals surface area contributed by atoms with Crippen molar-refractivity contribution >= 4 is 0 Å². The van der Waals surface area contributed by atoms with Gasteiger partial charge in [0, 0.05) is 6.92 Å². The highest BCUT2D eigenvalue weighted by molar-refractivity contribution is 5.39. The molecule has 4 heteroatoms. The van der Waals surface area contributed by atoms with Gasteiger partial charge in [-0.05, 0) is 32.4 Å². The highest BCUT2D eigenvalue weighted by Crippen LogP contribution is 2.31. The highest BCUT2D eigenvalue weighted by Gasteiger charge is 2.28. The zero-order valence-corrected chi connectivity index (χ0v) is 13.0. The van der Waals surface area contributed by atoms with Crippen molar-refractivity contribution < 1.29 is 18.9 Å². The van der Waals surface area contributed by atoms with Crippen LogP contribution in [0.3, 0.4) is 0 Å². The summed E-state index contributed by atoms with van der Waals surface area (Å²) in [4.78, 5) is 0. The summed E-state index contributed by atoms with van der Waals surface area (Å²) in [5, 5.41) is 0. The van der Waals surface area contributed by atoms with Crippen molar-refractivity contribution in [2.45, 2.75) is 46.5 Å². The number of ether oxygens (including phenoxy) is 4. The number of hydrogen-bond acceptors (Lipinski definition) is 4. The van der Waals surface area contributed by atoms with E-state index in [4.69, 9.17) is 18.9 Å². The first-order valence-corrected chi connectivity index (χ1v) is 7.34. The second-order valence-electron chi connectivity index (χ2n) is 4.48. The third-order valence-corrected chi connectivity index (χ3v) is 2.71. The fourth-order valence-electron chi connectivity index (χ4n) is 1.80. The highest BCUT2D eigenvalue weighted by atomic mass is 16.9. The first-order chi connectivity index (χ1) is 9.65. The molecule has 0 atom stereocenters. The van der Waals surface area contributed by atoms with Crippen molar-refractivity contribution in [3.63, 3.8) is 0 Å². The molecule has 20 heavy (non-hydrogen) atoms. The SMILES string of the molecule is CCCCOc1ccccc1OC(C)(OCC)OCC. The van der Waals surface area contributed by atoms with Crippen LogP contribution in [0, 0.1) is 0 Å². The van der Waals surface area contributed by atoms with Gasteiger partial charge < -0.3 is 18.9 Å². The normalized spacial score (nSPS) is 11.4. The lowest BCUT2D eigenvalue weighted by atomic mass is 10.3. The Morgan fingerprint density at radius 1 is 0.950 bits per heavy atom. The zero-order chi connectivity index (χ0) is 14.8. The molecule has 0 N–H and O–H groups in total. The topological polar surface area (TPSA) is 36.9 Å². The average molecular weight is 282 g/mol. The molecule has 0 saturated heterocycles. The molecule has 0 aliphatic carbocycles. The summed E-state index contributed by atoms with van der Waals surface area (Å²) in [5.74, 6) is 0.257. The summed E-state index contributed by atoms with van der Waals surface area (Å²) >= 11 is 0. The molecule has 1 rings (SSSR count). The van der Waals surface area contributed by atoms with Gasteiger partial charge in [0.25, 0.3) is 0 Å². The van der Waals surface area contributed by atoms with Crippen molar-refractivity contribution in [2.24, 2.45) is 0 Å². The molecule has 1 aromatic carbocycles. The van der Waals surface area contributed by atoms with Crippen molar-refractivity contribution in [1.82, 2.24) is 0 Å². The predicted octanol–water partition coefficient (Wildman–Crippen LogP) is 3.99. The summed E-state index contributed by atoms with van der Waals surface area (Å²) in [6, 6.07) is 7.58. The Labute approximate surface area is 122 Å². The van der Waals surface area contributed by atoms with Gasteiger partial charge in [-0.3, -0.25) is 0 Å². The summed E-state index contributed by atoms with van der Waals surface area (Å²) in [5.41, 5.74) is 0. The van der Waals surface area contributed by atoms with Gasteiger partial charge in [0.2, 0.25) is 0 Å². The first kappa shape index (κ1) is 16.8. The number of rotatable bonds is 10. The number of para-hydroxylation sites is 2. The van der Waals surface area contributed by atoms with E-state index in [1.54, 1.807) is 6.92 Å². The van der Waals surface area contributed by atoms with E-state index in [-0.39, 0.29) is 0 Å². The number of benzene rings is 1. The van der Waals surface area contributed by atoms with Gasteiger partial charge in [-0.15, -0.1) is 0 Å². The molecule has 0 heterocycles. The first-order valence-electron chi connectivity index (χ1n) is 7.34. The van der Waals surface area contributed by atoms with E-state index in [0.29, 0.717) is 31.3 Å². The zero-order valence-electron chi connectivity index (χ0n) is 13.0. The van der Waals surface area contributed by atoms with Crippen LogP contribution in [0.25, 0.3) is 0 Å². The second kappa shape index (κ2) is 8.82. The molecular formula is C16H26O4. The van der Waals surface area contributed by atoms with Crippen LogP contribution < -0.4 is 9.47 Å². The number of unbranched alkanes of at least 4 members (excludes halogenated alkanes) is 1. The van der Waals surface area contributed by atoms with Gasteiger partial charge in [0.1, 0.15) is 0 Å². The molecule has 0 bridgehead atoms. The van der Waals surface area contributed by atoms with E-state index in [1.165, 1.54) is 0 Å². The molecule has 0 unspecified atom stereocenters. The Morgan fingerprint density at radius 2 is 1.55 bits per heavy atom. The summed E-state index contributed by atoms with van der Waals surface area (Å²) in [6.45, 7) is 9.41. The van der Waals surface area contributed by atoms with Gasteiger partial charge in [0.05, 0.1) is 19.8 Å². The monoisotopic (exact) mass is 282 g/mol. The lowest BCUT2D eigenvalue weighted by molar-refractivity contribution is -0.329. The van der Waals surface area contributed by atoms with Crippen molar-refractivity contribution in [3.8, 4) is 11.5 Å². The molecule has 4 nitrogen and oxygen atoms in total. The van der Waals surface area contributed by atoms with E-state index in [9.17, 15) is 0 Å². The van der Waals surface area contributed by atoms with Crippen LogP contribution in [-0.2, 0) is 9.47 Å². The molecule has 0 aliphatic heterocycles. The average Bonchev–Trinajstić information content (AvgIpc) is 2.41. The summed E-state index contributed by atoms with van der Waals surface area (Å²) in [6.07, 6.45) is 2.11. The quantitative estimate of drug-likeness (QED) is 0.480. The van der Waals surface area contributed by atoms with Crippen molar-refractivity contribution in [3.05, 3.63) is 24.3 Å². The Bertz CT molecular complexity index is 372. The molecule has 0 radical (unpaired) electrons. The molecule has 0 spiro atoms. The minimum atomic E-state index is -1.09. The summed E-state index contributed by atoms with van der Waals surface area (Å²) < 4.78 is 22.7. The predicted molar refractivity (Wildman–Crippen MR) is 79.1 cm³/mol. The fourth-order valence-corrected chi connectivity index (χ4v) is 1.80. The molecule has 0 aromatic heterocycles. The second-order valence-corrected chi connectivity index (χ2v) is 4.48. The molecule has 114 valence electrons. The molecule has 0 aliphatic rings. The van der Waals surface area contributed by atoms with Gasteiger partial charge in [-0.1, -0.05) is 25.5 Å². The van der Waals surface area contributed by atoms with Gasteiger partial charge in [-0.25, -0.2) is 0 Å². The Hall–Kier alpha value is -1.26. The lowest BCUT2D eigenvalue weighted by Crippen LogP contribution is -2.39. The maximum absolute atomic E-state index is 5.88. The van der Waals surface area contributed by atoms with Crippen LogP contribution >= 0.6 is 0 Å². The van der Waals surface area contributed by atoms with E-state index < -0.39 is 5.97 Å². The van der Waals surface area contributed by atoms with Gasteiger partial charge in [0.15, 0.2) is 11.5 Å². The Morgan fingerprint density at radius 3 is 2.10 bits per heavy atom. The maximum atomic E-state index is 5.88. The Balaban J connectivity index is 2.78. The Kier molecular flexibility index (Phi) is 7.41. The molecule has 0 fully saturated rings. The molecular weight excluding hydrogens is 256 g/mol. The van der Waals surface area contributed by atoms with E-state index in [0.717, 1.165) is 12.8 Å². The van der Waals surface area contributed by atoms with E-state index in [2.05, 4.69) is 6.92 Å². The third kappa shape index (κ3) is 5.39. The van der Waals surface area contributed by atoms with Crippen molar-refractivity contribution in [1.29, 1.82) is 0 Å². The van der Waals surface area contributed by atoms with E-state index >= 15 is 0 Å². The third-order valence-electron chi connectivity index (χ3n) is 2.71. The number of hydrogen-bond donors (Lipinski definition) is 0. The van der Waals surface area contributed by atoms with Crippen molar-refractivity contribution in [2.75, 3.05) is 19.8 Å². The van der Waals surface area contributed by atoms with Crippen LogP contribution in [-0.4, -0.2) is 25.8 Å². The molecule has 1 aromatic rings. The van der Waals surface area contributed by atoms with Crippen LogP contribution in [0.5, 0.6) is 11.5 Å².